The molecule has 0 fully saturated rings. The van der Waals surface area contributed by atoms with Gasteiger partial charge in [-0.1, -0.05) is 12.1 Å². The summed E-state index contributed by atoms with van der Waals surface area (Å²) >= 11 is 0. The fourth-order valence-electron chi connectivity index (χ4n) is 1.35. The summed E-state index contributed by atoms with van der Waals surface area (Å²) in [7, 11) is 3.16. The molecule has 0 amide bonds. The second kappa shape index (κ2) is 5.24. The molecule has 0 unspecified atom stereocenters. The highest BCUT2D eigenvalue weighted by Crippen LogP contribution is 2.25. The first-order valence-electron chi connectivity index (χ1n) is 4.70. The maximum Gasteiger partial charge on any atom is 0.131 e. The highest BCUT2D eigenvalue weighted by atomic mass is 16.5. The molecule has 1 rings (SSSR count). The predicted octanol–water partition coefficient (Wildman–Crippen LogP) is 2.29. The van der Waals surface area contributed by atoms with E-state index in [4.69, 9.17) is 14.7 Å². The predicted molar refractivity (Wildman–Crippen MR) is 58.2 cm³/mol. The van der Waals surface area contributed by atoms with Crippen LogP contribution in [0.25, 0.3) is 0 Å². The number of benzene rings is 1. The van der Waals surface area contributed by atoms with Crippen LogP contribution in [0.15, 0.2) is 23.4 Å². The summed E-state index contributed by atoms with van der Waals surface area (Å²) in [6.45, 7) is 1.92. The van der Waals surface area contributed by atoms with Crippen molar-refractivity contribution in [3.05, 3.63) is 23.8 Å². The van der Waals surface area contributed by atoms with Gasteiger partial charge in [0.25, 0.3) is 0 Å². The van der Waals surface area contributed by atoms with Gasteiger partial charge in [-0.05, 0) is 18.6 Å². The smallest absolute Gasteiger partial charge is 0.131 e. The van der Waals surface area contributed by atoms with E-state index in [1.807, 2.05) is 13.0 Å². The van der Waals surface area contributed by atoms with Crippen molar-refractivity contribution in [2.24, 2.45) is 5.16 Å². The van der Waals surface area contributed by atoms with Gasteiger partial charge in [-0.15, -0.1) is 0 Å². The van der Waals surface area contributed by atoms with E-state index in [0.717, 1.165) is 5.56 Å². The molecule has 82 valence electrons. The average molecular weight is 209 g/mol. The third-order valence-corrected chi connectivity index (χ3v) is 2.18. The Labute approximate surface area is 89.1 Å². The van der Waals surface area contributed by atoms with Crippen LogP contribution in [0.3, 0.4) is 0 Å². The van der Waals surface area contributed by atoms with E-state index < -0.39 is 0 Å². The molecule has 0 saturated carbocycles. The molecule has 0 spiro atoms. The molecular weight excluding hydrogens is 194 g/mol. The lowest BCUT2D eigenvalue weighted by atomic mass is 10.1. The van der Waals surface area contributed by atoms with Gasteiger partial charge in [-0.2, -0.15) is 0 Å². The summed E-state index contributed by atoms with van der Waals surface area (Å²) in [6, 6.07) is 5.38. The molecule has 1 aromatic carbocycles. The van der Waals surface area contributed by atoms with Crippen molar-refractivity contribution in [3.8, 4) is 11.5 Å². The van der Waals surface area contributed by atoms with Crippen molar-refractivity contribution in [2.75, 3.05) is 14.2 Å². The van der Waals surface area contributed by atoms with E-state index in [2.05, 4.69) is 5.16 Å². The second-order valence-electron chi connectivity index (χ2n) is 2.97. The first-order valence-corrected chi connectivity index (χ1v) is 4.70. The van der Waals surface area contributed by atoms with Crippen molar-refractivity contribution in [3.63, 3.8) is 0 Å². The summed E-state index contributed by atoms with van der Waals surface area (Å²) < 4.78 is 10.3. The van der Waals surface area contributed by atoms with Crippen LogP contribution in [-0.4, -0.2) is 25.1 Å². The van der Waals surface area contributed by atoms with Crippen LogP contribution < -0.4 is 9.47 Å². The fraction of sp³-hybridized carbons (Fsp3) is 0.364. The lowest BCUT2D eigenvalue weighted by Crippen LogP contribution is -2.02. The van der Waals surface area contributed by atoms with Crippen LogP contribution in [0, 0.1) is 0 Å². The van der Waals surface area contributed by atoms with Gasteiger partial charge >= 0.3 is 0 Å². The third-order valence-electron chi connectivity index (χ3n) is 2.18. The summed E-state index contributed by atoms with van der Waals surface area (Å²) in [6.07, 6.45) is 0.638. The summed E-state index contributed by atoms with van der Waals surface area (Å²) in [5.41, 5.74) is 1.37. The molecule has 0 heterocycles. The molecule has 0 aliphatic heterocycles. The van der Waals surface area contributed by atoms with Gasteiger partial charge in [0.15, 0.2) is 0 Å². The zero-order chi connectivity index (χ0) is 11.3. The Balaban J connectivity index is 3.18. The number of hydrogen-bond donors (Lipinski definition) is 1. The van der Waals surface area contributed by atoms with E-state index in [0.29, 0.717) is 23.6 Å². The molecule has 0 aromatic heterocycles. The van der Waals surface area contributed by atoms with Gasteiger partial charge in [0.2, 0.25) is 0 Å². The van der Waals surface area contributed by atoms with Gasteiger partial charge in [0.05, 0.1) is 19.9 Å². The molecule has 0 radical (unpaired) electrons. The monoisotopic (exact) mass is 209 g/mol. The summed E-state index contributed by atoms with van der Waals surface area (Å²) in [4.78, 5) is 0. The van der Waals surface area contributed by atoms with E-state index in [-0.39, 0.29) is 0 Å². The topological polar surface area (TPSA) is 51.1 Å². The molecule has 4 nitrogen and oxygen atoms in total. The zero-order valence-electron chi connectivity index (χ0n) is 9.15. The first kappa shape index (κ1) is 11.4. The Bertz CT molecular complexity index is 361. The number of nitrogens with zero attached hydrogens (tertiary/aromatic N) is 1. The average Bonchev–Trinajstić information content (AvgIpc) is 2.31. The maximum atomic E-state index is 8.83. The molecule has 0 aliphatic carbocycles. The van der Waals surface area contributed by atoms with Gasteiger partial charge < -0.3 is 14.7 Å². The van der Waals surface area contributed by atoms with E-state index >= 15 is 0 Å². The molecule has 15 heavy (non-hydrogen) atoms. The minimum Gasteiger partial charge on any atom is -0.497 e. The minimum absolute atomic E-state index is 0.592. The second-order valence-corrected chi connectivity index (χ2v) is 2.97. The Morgan fingerprint density at radius 2 is 2.07 bits per heavy atom. The van der Waals surface area contributed by atoms with Gasteiger partial charge in [0.1, 0.15) is 11.5 Å². The largest absolute Gasteiger partial charge is 0.497 e. The van der Waals surface area contributed by atoms with Crippen LogP contribution in [0.5, 0.6) is 11.5 Å². The molecule has 4 heteroatoms. The number of oxime groups is 1. The molecule has 0 bridgehead atoms. The quantitative estimate of drug-likeness (QED) is 0.470. The number of ether oxygens (including phenoxy) is 2. The lowest BCUT2D eigenvalue weighted by Gasteiger charge is -2.10. The first-order chi connectivity index (χ1) is 7.26. The normalized spacial score (nSPS) is 11.3. The number of hydrogen-bond acceptors (Lipinski definition) is 4. The van der Waals surface area contributed by atoms with Crippen molar-refractivity contribution in [1.82, 2.24) is 0 Å². The van der Waals surface area contributed by atoms with Crippen LogP contribution in [0.1, 0.15) is 18.9 Å². The Hall–Kier alpha value is -1.71. The lowest BCUT2D eigenvalue weighted by molar-refractivity contribution is 0.317. The maximum absolute atomic E-state index is 8.83. The van der Waals surface area contributed by atoms with Crippen molar-refractivity contribution in [2.45, 2.75) is 13.3 Å². The molecule has 0 saturated heterocycles. The van der Waals surface area contributed by atoms with E-state index in [1.54, 1.807) is 26.4 Å². The highest BCUT2D eigenvalue weighted by Gasteiger charge is 2.10. The molecule has 1 aromatic rings. The number of methoxy groups -OCH3 is 2. The summed E-state index contributed by atoms with van der Waals surface area (Å²) in [5, 5.41) is 12.1. The molecular formula is C11H15NO3. The number of rotatable bonds is 4. The highest BCUT2D eigenvalue weighted by molar-refractivity contribution is 6.02. The minimum atomic E-state index is 0.592. The van der Waals surface area contributed by atoms with Crippen LogP contribution in [-0.2, 0) is 0 Å². The van der Waals surface area contributed by atoms with Crippen molar-refractivity contribution in [1.29, 1.82) is 0 Å². The standard InChI is InChI=1S/C11H15NO3/c1-4-10(12-13)9-6-5-8(14-2)7-11(9)15-3/h5-7,13H,4H2,1-3H3/b12-10-. The van der Waals surface area contributed by atoms with E-state index in [9.17, 15) is 0 Å². The zero-order valence-corrected chi connectivity index (χ0v) is 9.15. The van der Waals surface area contributed by atoms with Crippen LogP contribution >= 0.6 is 0 Å². The van der Waals surface area contributed by atoms with Crippen LogP contribution in [0.4, 0.5) is 0 Å². The summed E-state index contributed by atoms with van der Waals surface area (Å²) in [5.74, 6) is 1.35. The molecule has 1 N–H and O–H groups in total. The van der Waals surface area contributed by atoms with Gasteiger partial charge in [0, 0.05) is 11.6 Å². The third kappa shape index (κ3) is 2.40. The Morgan fingerprint density at radius 3 is 2.53 bits per heavy atom. The molecule has 0 aliphatic rings. The SMILES string of the molecule is CC/C(=N/O)c1ccc(OC)cc1OC. The van der Waals surface area contributed by atoms with Gasteiger partial charge in [-0.25, -0.2) is 0 Å². The van der Waals surface area contributed by atoms with E-state index in [1.165, 1.54) is 0 Å². The fourth-order valence-corrected chi connectivity index (χ4v) is 1.35. The molecule has 0 atom stereocenters. The van der Waals surface area contributed by atoms with Gasteiger partial charge in [-0.3, -0.25) is 0 Å². The Kier molecular flexibility index (Phi) is 3.97. The Morgan fingerprint density at radius 1 is 1.33 bits per heavy atom. The van der Waals surface area contributed by atoms with Crippen molar-refractivity contribution < 1.29 is 14.7 Å². The van der Waals surface area contributed by atoms with Crippen LogP contribution in [0.2, 0.25) is 0 Å². The van der Waals surface area contributed by atoms with Crippen molar-refractivity contribution >= 4 is 5.71 Å².